The predicted octanol–water partition coefficient (Wildman–Crippen LogP) is 1.77. The molecular weight excluding hydrogens is 338 g/mol. The number of hydrogen-bond donors (Lipinski definition) is 2. The third kappa shape index (κ3) is 5.68. The van der Waals surface area contributed by atoms with E-state index in [9.17, 15) is 17.2 Å². The molecule has 0 heterocycles. The quantitative estimate of drug-likeness (QED) is 0.743. The highest BCUT2D eigenvalue weighted by atomic mass is 35.5. The molecule has 1 aliphatic rings. The smallest absolute Gasteiger partial charge is 0.272 e. The fourth-order valence-corrected chi connectivity index (χ4v) is 2.93. The Bertz CT molecular complexity index is 565. The lowest BCUT2D eigenvalue weighted by Crippen LogP contribution is -2.38. The average Bonchev–Trinajstić information content (AvgIpc) is 3.27. The molecule has 0 bridgehead atoms. The highest BCUT2D eigenvalue weighted by molar-refractivity contribution is 7.89. The van der Waals surface area contributed by atoms with Crippen LogP contribution in [0.5, 0.6) is 5.75 Å². The van der Waals surface area contributed by atoms with Crippen LogP contribution in [-0.4, -0.2) is 34.0 Å². The first kappa shape index (κ1) is 19.1. The van der Waals surface area contributed by atoms with Gasteiger partial charge in [-0.3, -0.25) is 0 Å². The summed E-state index contributed by atoms with van der Waals surface area (Å²) in [4.78, 5) is 0.0508. The van der Waals surface area contributed by atoms with Crippen molar-refractivity contribution in [2.45, 2.75) is 30.2 Å². The summed E-state index contributed by atoms with van der Waals surface area (Å²) in [6.07, 6.45) is -0.489. The van der Waals surface area contributed by atoms with E-state index < -0.39 is 23.1 Å². The number of alkyl halides is 2. The fraction of sp³-hybridized carbons (Fsp3) is 0.538. The number of rotatable bonds is 8. The van der Waals surface area contributed by atoms with Crippen LogP contribution < -0.4 is 15.2 Å². The molecule has 126 valence electrons. The van der Waals surface area contributed by atoms with Crippen molar-refractivity contribution in [1.82, 2.24) is 4.72 Å². The molecule has 0 radical (unpaired) electrons. The number of halogens is 3. The van der Waals surface area contributed by atoms with Gasteiger partial charge in [0.2, 0.25) is 10.0 Å². The predicted molar refractivity (Wildman–Crippen MR) is 81.1 cm³/mol. The number of ether oxygens (including phenoxy) is 1. The lowest BCUT2D eigenvalue weighted by Gasteiger charge is -2.12. The number of nitrogens with two attached hydrogens (primary N) is 1. The van der Waals surface area contributed by atoms with Gasteiger partial charge in [0.15, 0.2) is 0 Å². The second-order valence-corrected chi connectivity index (χ2v) is 6.79. The first-order valence-electron chi connectivity index (χ1n) is 6.65. The van der Waals surface area contributed by atoms with Crippen molar-refractivity contribution >= 4 is 22.4 Å². The van der Waals surface area contributed by atoms with Crippen LogP contribution in [0, 0.1) is 5.92 Å². The Kier molecular flexibility index (Phi) is 6.98. The lowest BCUT2D eigenvalue weighted by molar-refractivity contribution is 0.0819. The second-order valence-electron chi connectivity index (χ2n) is 5.03. The molecule has 1 unspecified atom stereocenters. The van der Waals surface area contributed by atoms with E-state index in [-0.39, 0.29) is 35.6 Å². The fourth-order valence-electron chi connectivity index (χ4n) is 1.85. The van der Waals surface area contributed by atoms with E-state index in [0.29, 0.717) is 5.92 Å². The molecule has 0 aromatic heterocycles. The molecule has 1 aromatic carbocycles. The summed E-state index contributed by atoms with van der Waals surface area (Å²) in [5.41, 5.74) is 5.84. The minimum absolute atomic E-state index is 0. The SMILES string of the molecule is Cl.NC(CNS(=O)(=O)c1ccc(OCC(F)F)cc1)C1CC1. The van der Waals surface area contributed by atoms with Gasteiger partial charge in [-0.1, -0.05) is 0 Å². The highest BCUT2D eigenvalue weighted by Crippen LogP contribution is 2.31. The minimum atomic E-state index is -3.64. The number of hydrogen-bond acceptors (Lipinski definition) is 4. The zero-order chi connectivity index (χ0) is 15.5. The molecular formula is C13H19ClF2N2O3S. The van der Waals surface area contributed by atoms with Gasteiger partial charge in [0.05, 0.1) is 4.90 Å². The van der Waals surface area contributed by atoms with E-state index in [1.807, 2.05) is 0 Å². The lowest BCUT2D eigenvalue weighted by atomic mass is 10.2. The monoisotopic (exact) mass is 356 g/mol. The molecule has 9 heteroatoms. The van der Waals surface area contributed by atoms with Crippen LogP contribution in [0.2, 0.25) is 0 Å². The van der Waals surface area contributed by atoms with Gasteiger partial charge in [-0.2, -0.15) is 0 Å². The van der Waals surface area contributed by atoms with Crippen molar-refractivity contribution < 1.29 is 21.9 Å². The summed E-state index contributed by atoms with van der Waals surface area (Å²) in [5.74, 6) is 0.599. The Balaban J connectivity index is 0.00000242. The van der Waals surface area contributed by atoms with Crippen LogP contribution in [0.1, 0.15) is 12.8 Å². The molecule has 2 rings (SSSR count). The molecule has 1 aliphatic carbocycles. The molecule has 0 saturated heterocycles. The molecule has 1 saturated carbocycles. The van der Waals surface area contributed by atoms with Crippen LogP contribution in [0.25, 0.3) is 0 Å². The second kappa shape index (κ2) is 8.05. The number of nitrogens with one attached hydrogen (secondary N) is 1. The Labute approximate surface area is 134 Å². The standard InChI is InChI=1S/C13H18F2N2O3S.ClH/c14-13(15)8-20-10-3-5-11(6-4-10)21(18,19)17-7-12(16)9-1-2-9;/h3-6,9,12-13,17H,1-2,7-8,16H2;1H. The topological polar surface area (TPSA) is 81.4 Å². The number of benzene rings is 1. The molecule has 1 aromatic rings. The van der Waals surface area contributed by atoms with E-state index in [4.69, 9.17) is 10.5 Å². The minimum Gasteiger partial charge on any atom is -0.488 e. The maximum absolute atomic E-state index is 12.0. The Morgan fingerprint density at radius 3 is 2.36 bits per heavy atom. The molecule has 1 fully saturated rings. The molecule has 3 N–H and O–H groups in total. The van der Waals surface area contributed by atoms with Crippen molar-refractivity contribution in [2.24, 2.45) is 11.7 Å². The van der Waals surface area contributed by atoms with E-state index in [1.165, 1.54) is 24.3 Å². The summed E-state index contributed by atoms with van der Waals surface area (Å²) in [5, 5.41) is 0. The Hall–Kier alpha value is -0.960. The normalized spacial score (nSPS) is 16.2. The Morgan fingerprint density at radius 2 is 1.86 bits per heavy atom. The van der Waals surface area contributed by atoms with Gasteiger partial charge < -0.3 is 10.5 Å². The third-order valence-electron chi connectivity index (χ3n) is 3.25. The van der Waals surface area contributed by atoms with Gasteiger partial charge >= 0.3 is 0 Å². The zero-order valence-corrected chi connectivity index (χ0v) is 13.4. The van der Waals surface area contributed by atoms with Gasteiger partial charge in [-0.25, -0.2) is 21.9 Å². The van der Waals surface area contributed by atoms with Crippen LogP contribution in [0.4, 0.5) is 8.78 Å². The first-order valence-corrected chi connectivity index (χ1v) is 8.13. The number of sulfonamides is 1. The van der Waals surface area contributed by atoms with E-state index in [0.717, 1.165) is 12.8 Å². The van der Waals surface area contributed by atoms with Crippen LogP contribution in [0.15, 0.2) is 29.2 Å². The van der Waals surface area contributed by atoms with E-state index >= 15 is 0 Å². The van der Waals surface area contributed by atoms with Crippen molar-refractivity contribution in [2.75, 3.05) is 13.2 Å². The van der Waals surface area contributed by atoms with Gasteiger partial charge in [0.1, 0.15) is 12.4 Å². The van der Waals surface area contributed by atoms with Gasteiger partial charge in [-0.05, 0) is 43.0 Å². The van der Waals surface area contributed by atoms with Crippen molar-refractivity contribution in [3.05, 3.63) is 24.3 Å². The first-order chi connectivity index (χ1) is 9.88. The van der Waals surface area contributed by atoms with Gasteiger partial charge in [0.25, 0.3) is 6.43 Å². The maximum Gasteiger partial charge on any atom is 0.272 e. The summed E-state index contributed by atoms with van der Waals surface area (Å²) in [6, 6.07) is 5.14. The van der Waals surface area contributed by atoms with Crippen molar-refractivity contribution in [3.63, 3.8) is 0 Å². The van der Waals surface area contributed by atoms with E-state index in [2.05, 4.69) is 4.72 Å². The molecule has 0 aliphatic heterocycles. The molecule has 22 heavy (non-hydrogen) atoms. The van der Waals surface area contributed by atoms with Crippen LogP contribution in [0.3, 0.4) is 0 Å². The maximum atomic E-state index is 12.0. The third-order valence-corrected chi connectivity index (χ3v) is 4.69. The molecule has 0 spiro atoms. The largest absolute Gasteiger partial charge is 0.488 e. The van der Waals surface area contributed by atoms with Crippen molar-refractivity contribution in [1.29, 1.82) is 0 Å². The molecule has 5 nitrogen and oxygen atoms in total. The van der Waals surface area contributed by atoms with Gasteiger partial charge in [-0.15, -0.1) is 12.4 Å². The molecule has 0 amide bonds. The Morgan fingerprint density at radius 1 is 1.27 bits per heavy atom. The zero-order valence-electron chi connectivity index (χ0n) is 11.7. The van der Waals surface area contributed by atoms with Crippen LogP contribution >= 0.6 is 12.4 Å². The summed E-state index contributed by atoms with van der Waals surface area (Å²) >= 11 is 0. The van der Waals surface area contributed by atoms with Crippen molar-refractivity contribution in [3.8, 4) is 5.75 Å². The van der Waals surface area contributed by atoms with Crippen LogP contribution in [-0.2, 0) is 10.0 Å². The summed E-state index contributed by atoms with van der Waals surface area (Å²) in [6.45, 7) is -0.531. The highest BCUT2D eigenvalue weighted by Gasteiger charge is 2.29. The summed E-state index contributed by atoms with van der Waals surface area (Å²) < 4.78 is 55.3. The van der Waals surface area contributed by atoms with Gasteiger partial charge in [0, 0.05) is 12.6 Å². The summed E-state index contributed by atoms with van der Waals surface area (Å²) in [7, 11) is -3.64. The average molecular weight is 357 g/mol. The van der Waals surface area contributed by atoms with E-state index in [1.54, 1.807) is 0 Å². The molecule has 1 atom stereocenters.